The first-order valence-electron chi connectivity index (χ1n) is 9.68. The summed E-state index contributed by atoms with van der Waals surface area (Å²) in [6.07, 6.45) is -9.46. The van der Waals surface area contributed by atoms with Crippen LogP contribution in [0.1, 0.15) is 51.1 Å². The summed E-state index contributed by atoms with van der Waals surface area (Å²) in [4.78, 5) is 6.45. The third-order valence-corrected chi connectivity index (χ3v) is 6.28. The Labute approximate surface area is 189 Å². The van der Waals surface area contributed by atoms with Crippen molar-refractivity contribution in [1.29, 1.82) is 10.5 Å². The Morgan fingerprint density at radius 3 is 1.97 bits per heavy atom. The number of rotatable bonds is 1. The molecule has 2 aliphatic rings. The molecule has 2 aliphatic carbocycles. The van der Waals surface area contributed by atoms with Gasteiger partial charge in [-0.05, 0) is 52.1 Å². The number of allylic oxidation sites excluding steroid dienone is 2. The summed E-state index contributed by atoms with van der Waals surface area (Å²) in [7, 11) is 0. The number of hydrogen-bond acceptors (Lipinski definition) is 2. The normalized spacial score (nSPS) is 22.8. The molecule has 0 heterocycles. The van der Waals surface area contributed by atoms with Gasteiger partial charge in [0.25, 0.3) is 5.70 Å². The van der Waals surface area contributed by atoms with Crippen LogP contribution in [0.2, 0.25) is 0 Å². The molecule has 34 heavy (non-hydrogen) atoms. The number of fused-ring (bicyclic) bond motifs is 5. The van der Waals surface area contributed by atoms with Gasteiger partial charge in [-0.2, -0.15) is 31.6 Å². The van der Waals surface area contributed by atoms with Crippen molar-refractivity contribution < 1.29 is 26.3 Å². The quantitative estimate of drug-likeness (QED) is 0.267. The molecule has 2 aromatic carbocycles. The van der Waals surface area contributed by atoms with E-state index in [0.717, 1.165) is 36.4 Å². The average molecular weight is 468 g/mol. The molecule has 0 fully saturated rings. The Kier molecular flexibility index (Phi) is 5.15. The smallest absolute Gasteiger partial charge is 0.297 e. The number of halogens is 6. The van der Waals surface area contributed by atoms with Crippen LogP contribution >= 0.6 is 0 Å². The maximum atomic E-state index is 13.5. The van der Waals surface area contributed by atoms with Crippen LogP contribution in [0.15, 0.2) is 42.1 Å². The lowest BCUT2D eigenvalue weighted by Gasteiger charge is -2.20. The SMILES string of the molecule is [C-]#[N+]C(C#N)=C1c2ccc(C(F)(F)F)cc2C2C1c1cc(C(F)(F)F)ccc1C2C(C#N)[N+]#[C-]. The average Bonchev–Trinajstić information content (AvgIpc) is 3.27. The summed E-state index contributed by atoms with van der Waals surface area (Å²) < 4.78 is 80.9. The molecule has 0 saturated carbocycles. The van der Waals surface area contributed by atoms with Gasteiger partial charge in [-0.3, -0.25) is 4.85 Å². The van der Waals surface area contributed by atoms with Gasteiger partial charge >= 0.3 is 18.4 Å². The number of nitrogens with zero attached hydrogens (tertiary/aromatic N) is 4. The van der Waals surface area contributed by atoms with Gasteiger partial charge in [-0.15, -0.1) is 0 Å². The maximum absolute atomic E-state index is 13.5. The summed E-state index contributed by atoms with van der Waals surface area (Å²) in [5.74, 6) is -3.15. The van der Waals surface area contributed by atoms with E-state index >= 15 is 0 Å². The third-order valence-electron chi connectivity index (χ3n) is 6.28. The van der Waals surface area contributed by atoms with Crippen molar-refractivity contribution in [3.63, 3.8) is 0 Å². The molecule has 4 atom stereocenters. The van der Waals surface area contributed by atoms with Crippen molar-refractivity contribution in [1.82, 2.24) is 0 Å². The summed E-state index contributed by atoms with van der Waals surface area (Å²) in [6.45, 7) is 14.8. The van der Waals surface area contributed by atoms with Gasteiger partial charge in [-0.25, -0.2) is 16.7 Å². The van der Waals surface area contributed by atoms with Crippen molar-refractivity contribution in [2.45, 2.75) is 36.1 Å². The van der Waals surface area contributed by atoms with Crippen molar-refractivity contribution in [3.8, 4) is 12.1 Å². The third kappa shape index (κ3) is 3.28. The molecule has 0 amide bonds. The highest BCUT2D eigenvalue weighted by Crippen LogP contribution is 2.65. The highest BCUT2D eigenvalue weighted by atomic mass is 19.4. The minimum Gasteiger partial charge on any atom is -0.297 e. The van der Waals surface area contributed by atoms with Crippen LogP contribution in [0, 0.1) is 35.8 Å². The van der Waals surface area contributed by atoms with Gasteiger partial charge in [-0.1, -0.05) is 12.1 Å². The molecule has 4 rings (SSSR count). The van der Waals surface area contributed by atoms with Crippen LogP contribution in [-0.2, 0) is 12.4 Å². The zero-order chi connectivity index (χ0) is 25.0. The van der Waals surface area contributed by atoms with Crippen LogP contribution in [0.4, 0.5) is 26.3 Å². The van der Waals surface area contributed by atoms with Crippen LogP contribution in [-0.4, -0.2) is 6.04 Å². The van der Waals surface area contributed by atoms with Gasteiger partial charge in [0, 0.05) is 11.8 Å². The molecule has 0 N–H and O–H groups in total. The lowest BCUT2D eigenvalue weighted by atomic mass is 9.81. The second-order valence-electron chi connectivity index (χ2n) is 7.86. The van der Waals surface area contributed by atoms with E-state index < -0.39 is 53.0 Å². The van der Waals surface area contributed by atoms with E-state index in [4.69, 9.17) is 13.1 Å². The zero-order valence-electron chi connectivity index (χ0n) is 16.8. The summed E-state index contributed by atoms with van der Waals surface area (Å²) in [5, 5.41) is 19.1. The predicted octanol–water partition coefficient (Wildman–Crippen LogP) is 6.67. The molecular formula is C24H10F6N4. The predicted molar refractivity (Wildman–Crippen MR) is 106 cm³/mol. The van der Waals surface area contributed by atoms with Crippen molar-refractivity contribution >= 4 is 5.57 Å². The van der Waals surface area contributed by atoms with Gasteiger partial charge in [0.2, 0.25) is 0 Å². The van der Waals surface area contributed by atoms with E-state index in [2.05, 4.69) is 9.69 Å². The fraction of sp³-hybridized carbons (Fsp3) is 0.250. The lowest BCUT2D eigenvalue weighted by Crippen LogP contribution is -2.18. The molecule has 0 bridgehead atoms. The molecule has 0 saturated heterocycles. The van der Waals surface area contributed by atoms with Crippen molar-refractivity contribution in [2.75, 3.05) is 0 Å². The number of hydrogen-bond donors (Lipinski definition) is 0. The summed E-state index contributed by atoms with van der Waals surface area (Å²) in [5.41, 5.74) is -2.05. The van der Waals surface area contributed by atoms with Crippen molar-refractivity contribution in [3.05, 3.63) is 98.3 Å². The number of benzene rings is 2. The van der Waals surface area contributed by atoms with Gasteiger partial charge in [0.1, 0.15) is 0 Å². The van der Waals surface area contributed by atoms with E-state index in [-0.39, 0.29) is 27.8 Å². The lowest BCUT2D eigenvalue weighted by molar-refractivity contribution is -0.138. The Morgan fingerprint density at radius 2 is 1.47 bits per heavy atom. The van der Waals surface area contributed by atoms with E-state index in [0.29, 0.717) is 0 Å². The fourth-order valence-corrected chi connectivity index (χ4v) is 5.03. The highest BCUT2D eigenvalue weighted by molar-refractivity contribution is 5.87. The monoisotopic (exact) mass is 468 g/mol. The van der Waals surface area contributed by atoms with E-state index in [1.54, 1.807) is 12.1 Å². The first kappa shape index (κ1) is 22.9. The zero-order valence-corrected chi connectivity index (χ0v) is 16.8. The van der Waals surface area contributed by atoms with Crippen LogP contribution in [0.5, 0.6) is 0 Å². The maximum Gasteiger partial charge on any atom is 0.416 e. The second-order valence-corrected chi connectivity index (χ2v) is 7.86. The standard InChI is InChI=1S/C24H10F6N4/c1-33-17(9-31)19-13-5-3-11(23(25,26)27)7-15(13)22-20(18(10-32)34-2)14-6-4-12(24(28,29)30)8-16(14)21(19)22/h3-8,17,19,21-22H. The molecular weight excluding hydrogens is 458 g/mol. The van der Waals surface area contributed by atoms with Crippen LogP contribution < -0.4 is 0 Å². The van der Waals surface area contributed by atoms with Crippen LogP contribution in [0.3, 0.4) is 0 Å². The molecule has 0 aliphatic heterocycles. The molecule has 10 heteroatoms. The number of alkyl halides is 6. The summed E-state index contributed by atoms with van der Waals surface area (Å²) in [6, 6.07) is 7.56. The van der Waals surface area contributed by atoms with Gasteiger partial charge in [0.15, 0.2) is 6.07 Å². The highest BCUT2D eigenvalue weighted by Gasteiger charge is 2.55. The fourth-order valence-electron chi connectivity index (χ4n) is 5.03. The molecule has 0 aromatic heterocycles. The Balaban J connectivity index is 2.11. The van der Waals surface area contributed by atoms with E-state index in [1.165, 1.54) is 0 Å². The van der Waals surface area contributed by atoms with Crippen LogP contribution in [0.25, 0.3) is 15.3 Å². The summed E-state index contributed by atoms with van der Waals surface area (Å²) >= 11 is 0. The van der Waals surface area contributed by atoms with E-state index in [1.807, 2.05) is 0 Å². The topological polar surface area (TPSA) is 56.3 Å². The first-order valence-corrected chi connectivity index (χ1v) is 9.68. The molecule has 0 spiro atoms. The number of nitriles is 2. The molecule has 4 nitrogen and oxygen atoms in total. The Hall–Kier alpha value is -4.28. The Bertz CT molecular complexity index is 1380. The second kappa shape index (κ2) is 7.65. The molecule has 2 aromatic rings. The minimum absolute atomic E-state index is 0.0102. The minimum atomic E-state index is -4.73. The van der Waals surface area contributed by atoms with Gasteiger partial charge < -0.3 is 0 Å². The molecule has 168 valence electrons. The molecule has 4 unspecified atom stereocenters. The molecule has 0 radical (unpaired) electrons. The van der Waals surface area contributed by atoms with E-state index in [9.17, 15) is 36.9 Å². The largest absolute Gasteiger partial charge is 0.416 e. The van der Waals surface area contributed by atoms with Gasteiger partial charge in [0.05, 0.1) is 29.7 Å². The first-order chi connectivity index (χ1) is 16.0. The Morgan fingerprint density at radius 1 is 0.882 bits per heavy atom. The van der Waals surface area contributed by atoms with Crippen molar-refractivity contribution in [2.24, 2.45) is 0 Å².